The van der Waals surface area contributed by atoms with E-state index in [2.05, 4.69) is 0 Å². The quantitative estimate of drug-likeness (QED) is 0.431. The second kappa shape index (κ2) is 12.1. The highest BCUT2D eigenvalue weighted by Crippen LogP contribution is 2.42. The van der Waals surface area contributed by atoms with Gasteiger partial charge in [-0.1, -0.05) is 18.6 Å². The first kappa shape index (κ1) is 29.3. The van der Waals surface area contributed by atoms with Gasteiger partial charge in [0.2, 0.25) is 5.91 Å². The average Bonchev–Trinajstić information content (AvgIpc) is 2.89. The normalized spacial score (nSPS) is 16.1. The van der Waals surface area contributed by atoms with Crippen LogP contribution in [0.5, 0.6) is 11.5 Å². The molecule has 2 amide bonds. The predicted molar refractivity (Wildman–Crippen MR) is 136 cm³/mol. The van der Waals surface area contributed by atoms with Gasteiger partial charge < -0.3 is 25.2 Å². The molecule has 2 aromatic rings. The number of alkyl halides is 3. The molecule has 2 aromatic carbocycles. The standard InChI is InChI=1S/C28H35F3N2O5/c1-18-19(2)24(11-10-23(18)25(32)34)38-16-5-4-7-20-12-14-33(15-13-20)26(35)27(36,28(29,30)31)21-8-6-9-22(17-21)37-3/h6,8-11,17,20,36H,4-5,7,12-16H2,1-3H3,(H2,32,34). The zero-order chi connectivity index (χ0) is 28.1. The van der Waals surface area contributed by atoms with Crippen LogP contribution in [0.15, 0.2) is 36.4 Å². The van der Waals surface area contributed by atoms with Crippen LogP contribution in [0.1, 0.15) is 59.2 Å². The Hall–Kier alpha value is -3.27. The van der Waals surface area contributed by atoms with Crippen molar-refractivity contribution in [1.82, 2.24) is 4.90 Å². The van der Waals surface area contributed by atoms with Crippen LogP contribution in [0.2, 0.25) is 0 Å². The number of amides is 2. The van der Waals surface area contributed by atoms with Gasteiger partial charge in [0.1, 0.15) is 11.5 Å². The molecular formula is C28H35F3N2O5. The molecule has 1 fully saturated rings. The number of methoxy groups -OCH3 is 1. The smallest absolute Gasteiger partial charge is 0.430 e. The highest BCUT2D eigenvalue weighted by molar-refractivity contribution is 5.94. The fraction of sp³-hybridized carbons (Fsp3) is 0.500. The Bertz CT molecular complexity index is 1150. The van der Waals surface area contributed by atoms with Crippen molar-refractivity contribution in [3.05, 3.63) is 58.7 Å². The highest BCUT2D eigenvalue weighted by Gasteiger charge is 2.62. The van der Waals surface area contributed by atoms with E-state index in [0.29, 0.717) is 30.8 Å². The molecule has 7 nitrogen and oxygen atoms in total. The minimum Gasteiger partial charge on any atom is -0.497 e. The van der Waals surface area contributed by atoms with E-state index in [-0.39, 0.29) is 24.8 Å². The largest absolute Gasteiger partial charge is 0.497 e. The number of hydrogen-bond donors (Lipinski definition) is 2. The van der Waals surface area contributed by atoms with Crippen molar-refractivity contribution in [3.8, 4) is 11.5 Å². The number of carbonyl (C=O) groups excluding carboxylic acids is 2. The minimum atomic E-state index is -5.19. The van der Waals surface area contributed by atoms with Gasteiger partial charge in [-0.3, -0.25) is 9.59 Å². The van der Waals surface area contributed by atoms with Crippen LogP contribution in [0, 0.1) is 19.8 Å². The maximum absolute atomic E-state index is 14.0. The summed E-state index contributed by atoms with van der Waals surface area (Å²) in [6, 6.07) is 8.27. The number of piperidine rings is 1. The third-order valence-corrected chi connectivity index (χ3v) is 7.38. The number of likely N-dealkylation sites (tertiary alicyclic amines) is 1. The maximum Gasteiger partial charge on any atom is 0.430 e. The lowest BCUT2D eigenvalue weighted by Gasteiger charge is -2.38. The number of halogens is 3. The number of aliphatic hydroxyl groups is 1. The average molecular weight is 537 g/mol. The van der Waals surface area contributed by atoms with Crippen LogP contribution in [0.4, 0.5) is 13.2 Å². The first-order valence-electron chi connectivity index (χ1n) is 12.7. The zero-order valence-electron chi connectivity index (χ0n) is 21.9. The van der Waals surface area contributed by atoms with Crippen LogP contribution in [-0.4, -0.2) is 54.8 Å². The Morgan fingerprint density at radius 2 is 1.76 bits per heavy atom. The minimum absolute atomic E-state index is 0.119. The SMILES string of the molecule is COc1cccc(C(O)(C(=O)N2CCC(CCCCOc3ccc(C(N)=O)c(C)c3C)CC2)C(F)(F)F)c1. The summed E-state index contributed by atoms with van der Waals surface area (Å²) < 4.78 is 52.8. The molecule has 3 N–H and O–H groups in total. The predicted octanol–water partition coefficient (Wildman–Crippen LogP) is 4.65. The fourth-order valence-electron chi connectivity index (χ4n) is 4.85. The summed E-state index contributed by atoms with van der Waals surface area (Å²) in [5.41, 5.74) is 3.30. The lowest BCUT2D eigenvalue weighted by molar-refractivity contribution is -0.262. The Morgan fingerprint density at radius 3 is 2.37 bits per heavy atom. The number of nitrogens with two attached hydrogens (primary N) is 1. The fourth-order valence-corrected chi connectivity index (χ4v) is 4.85. The molecule has 1 saturated heterocycles. The Balaban J connectivity index is 1.50. The number of rotatable bonds is 10. The molecule has 0 radical (unpaired) electrons. The Morgan fingerprint density at radius 1 is 1.08 bits per heavy atom. The third kappa shape index (κ3) is 6.23. The van der Waals surface area contributed by atoms with Gasteiger partial charge >= 0.3 is 6.18 Å². The van der Waals surface area contributed by atoms with Crippen molar-refractivity contribution in [2.45, 2.75) is 57.7 Å². The van der Waals surface area contributed by atoms with Gasteiger partial charge in [0.15, 0.2) is 0 Å². The topological polar surface area (TPSA) is 102 Å². The molecule has 0 saturated carbocycles. The van der Waals surface area contributed by atoms with E-state index in [1.165, 1.54) is 19.2 Å². The third-order valence-electron chi connectivity index (χ3n) is 7.38. The molecule has 0 aliphatic carbocycles. The summed E-state index contributed by atoms with van der Waals surface area (Å²) in [4.78, 5) is 25.6. The molecule has 38 heavy (non-hydrogen) atoms. The van der Waals surface area contributed by atoms with Crippen molar-refractivity contribution in [2.75, 3.05) is 26.8 Å². The van der Waals surface area contributed by atoms with Crippen LogP contribution in [-0.2, 0) is 10.4 Å². The second-order valence-corrected chi connectivity index (χ2v) is 9.75. The van der Waals surface area contributed by atoms with Crippen LogP contribution in [0.3, 0.4) is 0 Å². The molecule has 208 valence electrons. The molecule has 1 heterocycles. The van der Waals surface area contributed by atoms with Crippen molar-refractivity contribution < 1.29 is 37.3 Å². The Labute approximate surface area is 220 Å². The number of unbranched alkanes of at least 4 members (excludes halogenated alkanes) is 1. The summed E-state index contributed by atoms with van der Waals surface area (Å²) in [5, 5.41) is 10.7. The van der Waals surface area contributed by atoms with E-state index in [1.807, 2.05) is 13.8 Å². The second-order valence-electron chi connectivity index (χ2n) is 9.75. The number of ether oxygens (including phenoxy) is 2. The Kier molecular flexibility index (Phi) is 9.30. The lowest BCUT2D eigenvalue weighted by Crippen LogP contribution is -2.57. The summed E-state index contributed by atoms with van der Waals surface area (Å²) in [6.07, 6.45) is -1.55. The van der Waals surface area contributed by atoms with E-state index in [4.69, 9.17) is 15.2 Å². The van der Waals surface area contributed by atoms with Crippen molar-refractivity contribution in [2.24, 2.45) is 11.7 Å². The van der Waals surface area contributed by atoms with E-state index in [9.17, 15) is 27.9 Å². The molecule has 0 aromatic heterocycles. The van der Waals surface area contributed by atoms with Gasteiger partial charge in [-0.2, -0.15) is 13.2 Å². The van der Waals surface area contributed by atoms with E-state index in [0.717, 1.165) is 47.4 Å². The van der Waals surface area contributed by atoms with Gasteiger partial charge in [0.25, 0.3) is 11.5 Å². The van der Waals surface area contributed by atoms with Gasteiger partial charge in [0, 0.05) is 24.2 Å². The lowest BCUT2D eigenvalue weighted by atomic mass is 9.87. The summed E-state index contributed by atoms with van der Waals surface area (Å²) in [6.45, 7) is 4.48. The number of primary amides is 1. The molecule has 0 spiro atoms. The van der Waals surface area contributed by atoms with Crippen LogP contribution >= 0.6 is 0 Å². The number of nitrogens with zero attached hydrogens (tertiary/aromatic N) is 1. The molecule has 0 bridgehead atoms. The summed E-state index contributed by atoms with van der Waals surface area (Å²) in [7, 11) is 1.30. The molecule has 10 heteroatoms. The van der Waals surface area contributed by atoms with Crippen molar-refractivity contribution in [3.63, 3.8) is 0 Å². The number of hydrogen-bond acceptors (Lipinski definition) is 5. The zero-order valence-corrected chi connectivity index (χ0v) is 21.9. The molecule has 1 aliphatic heterocycles. The van der Waals surface area contributed by atoms with Gasteiger partial charge in [-0.15, -0.1) is 0 Å². The number of carbonyl (C=O) groups is 2. The van der Waals surface area contributed by atoms with E-state index in [1.54, 1.807) is 12.1 Å². The van der Waals surface area contributed by atoms with Crippen LogP contribution < -0.4 is 15.2 Å². The maximum atomic E-state index is 14.0. The van der Waals surface area contributed by atoms with E-state index < -0.39 is 29.2 Å². The molecule has 1 atom stereocenters. The summed E-state index contributed by atoms with van der Waals surface area (Å²) in [5.74, 6) is -0.749. The van der Waals surface area contributed by atoms with Crippen molar-refractivity contribution in [1.29, 1.82) is 0 Å². The molecule has 3 rings (SSSR count). The van der Waals surface area contributed by atoms with Gasteiger partial charge in [-0.05, 0) is 80.8 Å². The van der Waals surface area contributed by atoms with Gasteiger partial charge in [-0.25, -0.2) is 0 Å². The van der Waals surface area contributed by atoms with E-state index >= 15 is 0 Å². The molecular weight excluding hydrogens is 501 g/mol. The first-order valence-corrected chi connectivity index (χ1v) is 12.7. The van der Waals surface area contributed by atoms with Crippen LogP contribution in [0.25, 0.3) is 0 Å². The molecule has 1 unspecified atom stereocenters. The molecule has 1 aliphatic rings. The first-order chi connectivity index (χ1) is 17.9. The number of benzene rings is 2. The highest BCUT2D eigenvalue weighted by atomic mass is 19.4. The van der Waals surface area contributed by atoms with Gasteiger partial charge in [0.05, 0.1) is 13.7 Å². The monoisotopic (exact) mass is 536 g/mol. The summed E-state index contributed by atoms with van der Waals surface area (Å²) >= 11 is 0. The van der Waals surface area contributed by atoms with Crippen molar-refractivity contribution >= 4 is 11.8 Å².